The second-order valence-electron chi connectivity index (χ2n) is 8.60. The van der Waals surface area contributed by atoms with E-state index in [0.717, 1.165) is 17.7 Å². The van der Waals surface area contributed by atoms with Gasteiger partial charge in [0.25, 0.3) is 0 Å². The number of methoxy groups -OCH3 is 1. The number of carbonyl (C=O) groups excluding carboxylic acids is 2. The molecule has 3 rings (SSSR count). The predicted octanol–water partition coefficient (Wildman–Crippen LogP) is 5.02. The van der Waals surface area contributed by atoms with Crippen LogP contribution in [0.4, 0.5) is 0 Å². The number of phenols is 1. The van der Waals surface area contributed by atoms with Crippen LogP contribution in [0.5, 0.6) is 11.5 Å². The van der Waals surface area contributed by atoms with Crippen molar-refractivity contribution in [2.24, 2.45) is 11.8 Å². The van der Waals surface area contributed by atoms with Crippen molar-refractivity contribution in [3.63, 3.8) is 0 Å². The Hall–Kier alpha value is -3.02. The zero-order valence-electron chi connectivity index (χ0n) is 18.7. The van der Waals surface area contributed by atoms with Crippen LogP contribution in [0.25, 0.3) is 0 Å². The van der Waals surface area contributed by atoms with Crippen LogP contribution in [0.3, 0.4) is 0 Å². The van der Waals surface area contributed by atoms with E-state index in [4.69, 9.17) is 13.9 Å². The Balaban J connectivity index is 1.67. The van der Waals surface area contributed by atoms with Crippen LogP contribution >= 0.6 is 0 Å². The zero-order chi connectivity index (χ0) is 22.8. The van der Waals surface area contributed by atoms with Gasteiger partial charge in [-0.3, -0.25) is 9.59 Å². The molecule has 0 aliphatic carbocycles. The summed E-state index contributed by atoms with van der Waals surface area (Å²) in [6, 6.07) is 6.45. The first kappa shape index (κ1) is 22.7. The van der Waals surface area contributed by atoms with E-state index in [0.29, 0.717) is 18.6 Å². The lowest BCUT2D eigenvalue weighted by Crippen LogP contribution is -2.33. The average Bonchev–Trinajstić information content (AvgIpc) is 3.21. The summed E-state index contributed by atoms with van der Waals surface area (Å²) in [5.74, 6) is -1.08. The largest absolute Gasteiger partial charge is 0.507 e. The Morgan fingerprint density at radius 1 is 1.32 bits per heavy atom. The number of hydrogen-bond donors (Lipinski definition) is 1. The minimum atomic E-state index is -0.944. The van der Waals surface area contributed by atoms with Crippen molar-refractivity contribution in [3.8, 4) is 11.5 Å². The molecule has 0 amide bonds. The molecule has 1 aromatic carbocycles. The number of esters is 1. The summed E-state index contributed by atoms with van der Waals surface area (Å²) in [6.07, 6.45) is 5.91. The average molecular weight is 427 g/mol. The van der Waals surface area contributed by atoms with E-state index in [2.05, 4.69) is 6.08 Å². The van der Waals surface area contributed by atoms with Crippen LogP contribution in [-0.4, -0.2) is 29.6 Å². The molecule has 6 heteroatoms. The van der Waals surface area contributed by atoms with Crippen molar-refractivity contribution in [1.82, 2.24) is 0 Å². The molecular weight excluding hydrogens is 396 g/mol. The number of ether oxygens (including phenoxy) is 2. The molecule has 0 radical (unpaired) electrons. The molecule has 2 heterocycles. The topological polar surface area (TPSA) is 86.0 Å². The first-order valence-electron chi connectivity index (χ1n) is 10.5. The lowest BCUT2D eigenvalue weighted by atomic mass is 9.77. The Bertz CT molecular complexity index is 1000. The van der Waals surface area contributed by atoms with E-state index in [1.165, 1.54) is 24.8 Å². The number of aromatic hydroxyl groups is 1. The van der Waals surface area contributed by atoms with Crippen molar-refractivity contribution in [1.29, 1.82) is 0 Å². The van der Waals surface area contributed by atoms with Gasteiger partial charge in [0, 0.05) is 18.4 Å². The van der Waals surface area contributed by atoms with Crippen LogP contribution in [0.2, 0.25) is 0 Å². The summed E-state index contributed by atoms with van der Waals surface area (Å²) in [7, 11) is 1.48. The molecule has 2 aromatic rings. The molecule has 166 valence electrons. The monoisotopic (exact) mass is 426 g/mol. The van der Waals surface area contributed by atoms with Gasteiger partial charge in [0.15, 0.2) is 5.78 Å². The third-order valence-corrected chi connectivity index (χ3v) is 6.18. The van der Waals surface area contributed by atoms with Gasteiger partial charge in [-0.25, -0.2) is 0 Å². The maximum Gasteiger partial charge on any atom is 0.317 e. The minimum absolute atomic E-state index is 0.100. The van der Waals surface area contributed by atoms with Gasteiger partial charge in [0.05, 0.1) is 18.9 Å². The van der Waals surface area contributed by atoms with E-state index in [9.17, 15) is 14.7 Å². The van der Waals surface area contributed by atoms with Crippen LogP contribution in [0, 0.1) is 18.8 Å². The molecule has 6 nitrogen and oxygen atoms in total. The third kappa shape index (κ3) is 4.84. The number of aryl methyl sites for hydroxylation is 1. The fourth-order valence-corrected chi connectivity index (χ4v) is 4.11. The molecule has 0 saturated carbocycles. The highest BCUT2D eigenvalue weighted by atomic mass is 16.6. The van der Waals surface area contributed by atoms with Crippen LogP contribution in [-0.2, 0) is 16.0 Å². The van der Waals surface area contributed by atoms with Crippen molar-refractivity contribution in [2.45, 2.75) is 52.6 Å². The molecule has 31 heavy (non-hydrogen) atoms. The number of Topliss-reactive ketones (excluding diaryl/α,β-unsaturated/α-hetero) is 1. The molecular formula is C25H30O6. The van der Waals surface area contributed by atoms with Gasteiger partial charge in [-0.15, -0.1) is 0 Å². The Labute approximate surface area is 182 Å². The Morgan fingerprint density at radius 3 is 2.68 bits per heavy atom. The molecule has 1 saturated heterocycles. The molecule has 3 atom stereocenters. The number of rotatable bonds is 8. The molecule has 1 N–H and O–H groups in total. The summed E-state index contributed by atoms with van der Waals surface area (Å²) >= 11 is 0. The number of hydrogen-bond acceptors (Lipinski definition) is 6. The normalized spacial score (nSPS) is 23.6. The van der Waals surface area contributed by atoms with Crippen molar-refractivity contribution >= 4 is 11.8 Å². The molecule has 1 aliphatic rings. The number of allylic oxidation sites excluding steroid dienone is 2. The Morgan fingerprint density at radius 2 is 2.06 bits per heavy atom. The zero-order valence-corrected chi connectivity index (χ0v) is 18.7. The lowest BCUT2D eigenvalue weighted by molar-refractivity contribution is -0.149. The van der Waals surface area contributed by atoms with E-state index in [1.54, 1.807) is 12.3 Å². The highest BCUT2D eigenvalue weighted by molar-refractivity contribution is 6.11. The van der Waals surface area contributed by atoms with Gasteiger partial charge in [0.1, 0.15) is 28.8 Å². The predicted molar refractivity (Wildman–Crippen MR) is 116 cm³/mol. The highest BCUT2D eigenvalue weighted by Gasteiger charge is 2.53. The summed E-state index contributed by atoms with van der Waals surface area (Å²) in [6.45, 7) is 7.77. The minimum Gasteiger partial charge on any atom is -0.507 e. The fraction of sp³-hybridized carbons (Fsp3) is 0.440. The van der Waals surface area contributed by atoms with Gasteiger partial charge in [-0.05, 0) is 57.4 Å². The van der Waals surface area contributed by atoms with E-state index >= 15 is 0 Å². The Kier molecular flexibility index (Phi) is 6.58. The van der Waals surface area contributed by atoms with E-state index < -0.39 is 23.3 Å². The molecule has 0 unspecified atom stereocenters. The number of cyclic esters (lactones) is 1. The molecule has 1 aromatic heterocycles. The van der Waals surface area contributed by atoms with Crippen molar-refractivity contribution in [3.05, 3.63) is 59.1 Å². The number of phenolic OH excluding ortho intramolecular Hbond substituents is 1. The third-order valence-electron chi connectivity index (χ3n) is 6.18. The number of ketones is 1. The molecule has 0 bridgehead atoms. The summed E-state index contributed by atoms with van der Waals surface area (Å²) in [4.78, 5) is 25.7. The van der Waals surface area contributed by atoms with Gasteiger partial charge < -0.3 is 19.0 Å². The molecule has 0 spiro atoms. The van der Waals surface area contributed by atoms with Crippen molar-refractivity contribution < 1.29 is 28.6 Å². The maximum atomic E-state index is 13.0. The van der Waals surface area contributed by atoms with Gasteiger partial charge in [-0.1, -0.05) is 18.6 Å². The lowest BCUT2D eigenvalue weighted by Gasteiger charge is -2.28. The first-order valence-corrected chi connectivity index (χ1v) is 10.5. The quantitative estimate of drug-likeness (QED) is 0.276. The second-order valence-corrected chi connectivity index (χ2v) is 8.60. The molecule has 1 aliphatic heterocycles. The van der Waals surface area contributed by atoms with Gasteiger partial charge in [-0.2, -0.15) is 0 Å². The number of benzene rings is 1. The summed E-state index contributed by atoms with van der Waals surface area (Å²) in [5.41, 5.74) is 1.62. The van der Waals surface area contributed by atoms with Crippen LogP contribution in [0.1, 0.15) is 55.3 Å². The van der Waals surface area contributed by atoms with Gasteiger partial charge in [0.2, 0.25) is 0 Å². The fourth-order valence-electron chi connectivity index (χ4n) is 4.11. The second kappa shape index (κ2) is 9.00. The maximum absolute atomic E-state index is 13.0. The van der Waals surface area contributed by atoms with E-state index in [1.807, 2.05) is 33.8 Å². The SMILES string of the molecule is COc1ccc(C(=O)[C@@H]2C(=O)O[C@@](C)(CCC=C(C)Cc3cc(C)co3)[C@H]2C)c(O)c1. The summed E-state index contributed by atoms with van der Waals surface area (Å²) < 4.78 is 16.2. The van der Waals surface area contributed by atoms with Gasteiger partial charge >= 0.3 is 5.97 Å². The number of carbonyl (C=O) groups is 2. The summed E-state index contributed by atoms with van der Waals surface area (Å²) in [5, 5.41) is 10.2. The van der Waals surface area contributed by atoms with Crippen molar-refractivity contribution in [2.75, 3.05) is 7.11 Å². The first-order chi connectivity index (χ1) is 14.6. The number of furan rings is 1. The van der Waals surface area contributed by atoms with Crippen LogP contribution < -0.4 is 4.74 Å². The van der Waals surface area contributed by atoms with Crippen LogP contribution in [0.15, 0.2) is 46.6 Å². The van der Waals surface area contributed by atoms with E-state index in [-0.39, 0.29) is 17.2 Å². The smallest absolute Gasteiger partial charge is 0.317 e. The standard InChI is InChI=1S/C25H30O6/c1-15(11-19-12-16(2)14-30-19)7-6-10-25(4)17(3)22(24(28)31-25)23(27)20-9-8-18(29-5)13-21(20)26/h7-9,12-14,17,22,26H,6,10-11H2,1-5H3/t17-,22+,25-/m0/s1. The molecule has 1 fully saturated rings. The highest BCUT2D eigenvalue weighted by Crippen LogP contribution is 2.42.